The summed E-state index contributed by atoms with van der Waals surface area (Å²) in [6.07, 6.45) is 4.67. The Balaban J connectivity index is 1.91. The lowest BCUT2D eigenvalue weighted by atomic mass is 10.1. The fourth-order valence-corrected chi connectivity index (χ4v) is 3.24. The number of hydrogen-bond acceptors (Lipinski definition) is 5. The van der Waals surface area contributed by atoms with Crippen LogP contribution in [0.15, 0.2) is 6.20 Å². The van der Waals surface area contributed by atoms with Crippen LogP contribution >= 0.6 is 11.3 Å². The molecule has 102 valence electrons. The fourth-order valence-electron chi connectivity index (χ4n) is 2.22. The molecule has 1 aliphatic heterocycles. The van der Waals surface area contributed by atoms with Gasteiger partial charge in [-0.3, -0.25) is 0 Å². The highest BCUT2D eigenvalue weighted by atomic mass is 32.1. The van der Waals surface area contributed by atoms with Crippen LogP contribution in [-0.2, 0) is 4.74 Å². The first-order chi connectivity index (χ1) is 8.74. The third-order valence-corrected chi connectivity index (χ3v) is 4.73. The molecule has 0 saturated carbocycles. The van der Waals surface area contributed by atoms with E-state index in [1.54, 1.807) is 11.3 Å². The number of piperidine rings is 1. The van der Waals surface area contributed by atoms with E-state index in [1.165, 1.54) is 4.88 Å². The molecular formula is C13H23N3OS. The van der Waals surface area contributed by atoms with Gasteiger partial charge in [0.25, 0.3) is 0 Å². The van der Waals surface area contributed by atoms with E-state index in [4.69, 9.17) is 4.74 Å². The minimum absolute atomic E-state index is 0.386. The summed E-state index contributed by atoms with van der Waals surface area (Å²) in [6.45, 7) is 7.18. The largest absolute Gasteiger partial charge is 0.378 e. The molecule has 1 aliphatic rings. The van der Waals surface area contributed by atoms with E-state index >= 15 is 0 Å². The van der Waals surface area contributed by atoms with Gasteiger partial charge in [0.05, 0.1) is 6.10 Å². The van der Waals surface area contributed by atoms with Crippen LogP contribution in [0.25, 0.3) is 0 Å². The standard InChI is InChI=1S/C13H23N3OS/c1-4-17-11-5-7-16(8-6-11)13-15-9-12(18-13)10(2)14-3/h9-11,14H,4-8H2,1-3H3. The van der Waals surface area contributed by atoms with Crippen molar-refractivity contribution in [2.24, 2.45) is 0 Å². The van der Waals surface area contributed by atoms with Crippen LogP contribution in [0.5, 0.6) is 0 Å². The van der Waals surface area contributed by atoms with Crippen molar-refractivity contribution in [1.82, 2.24) is 10.3 Å². The second-order valence-electron chi connectivity index (χ2n) is 4.70. The summed E-state index contributed by atoms with van der Waals surface area (Å²) >= 11 is 1.80. The molecule has 1 aromatic heterocycles. The molecule has 0 amide bonds. The summed E-state index contributed by atoms with van der Waals surface area (Å²) in [4.78, 5) is 8.23. The van der Waals surface area contributed by atoms with E-state index in [-0.39, 0.29) is 0 Å². The Labute approximate surface area is 113 Å². The number of ether oxygens (including phenoxy) is 1. The minimum Gasteiger partial charge on any atom is -0.378 e. The van der Waals surface area contributed by atoms with Crippen LogP contribution < -0.4 is 10.2 Å². The number of nitrogens with zero attached hydrogens (tertiary/aromatic N) is 2. The Morgan fingerprint density at radius 1 is 1.56 bits per heavy atom. The smallest absolute Gasteiger partial charge is 0.185 e. The quantitative estimate of drug-likeness (QED) is 0.891. The second-order valence-corrected chi connectivity index (χ2v) is 5.74. The van der Waals surface area contributed by atoms with Gasteiger partial charge in [0.15, 0.2) is 5.13 Å². The number of anilines is 1. The predicted octanol–water partition coefficient (Wildman–Crippen LogP) is 2.43. The predicted molar refractivity (Wildman–Crippen MR) is 76.4 cm³/mol. The van der Waals surface area contributed by atoms with Gasteiger partial charge in [0, 0.05) is 36.8 Å². The lowest BCUT2D eigenvalue weighted by molar-refractivity contribution is 0.0459. The molecule has 2 rings (SSSR count). The average Bonchev–Trinajstić information content (AvgIpc) is 2.89. The van der Waals surface area contributed by atoms with Gasteiger partial charge < -0.3 is 15.0 Å². The Kier molecular flexibility index (Phi) is 4.97. The molecule has 0 aromatic carbocycles. The number of rotatable bonds is 5. The van der Waals surface area contributed by atoms with Crippen molar-refractivity contribution in [2.45, 2.75) is 38.8 Å². The second kappa shape index (κ2) is 6.50. The van der Waals surface area contributed by atoms with Gasteiger partial charge in [0.2, 0.25) is 0 Å². The first-order valence-electron chi connectivity index (χ1n) is 6.74. The monoisotopic (exact) mass is 269 g/mol. The highest BCUT2D eigenvalue weighted by molar-refractivity contribution is 7.15. The maximum absolute atomic E-state index is 5.67. The summed E-state index contributed by atoms with van der Waals surface area (Å²) in [5.41, 5.74) is 0. The van der Waals surface area contributed by atoms with Crippen molar-refractivity contribution in [1.29, 1.82) is 0 Å². The Bertz CT molecular complexity index is 361. The molecule has 0 radical (unpaired) electrons. The van der Waals surface area contributed by atoms with Crippen molar-refractivity contribution in [3.05, 3.63) is 11.1 Å². The molecule has 0 bridgehead atoms. The normalized spacial score (nSPS) is 19.2. The molecule has 1 N–H and O–H groups in total. The molecule has 2 heterocycles. The topological polar surface area (TPSA) is 37.4 Å². The molecule has 1 saturated heterocycles. The van der Waals surface area contributed by atoms with Crippen molar-refractivity contribution >= 4 is 16.5 Å². The van der Waals surface area contributed by atoms with E-state index in [1.807, 2.05) is 13.2 Å². The summed E-state index contributed by atoms with van der Waals surface area (Å²) in [7, 11) is 1.98. The first-order valence-corrected chi connectivity index (χ1v) is 7.55. The molecule has 1 fully saturated rings. The third kappa shape index (κ3) is 3.22. The van der Waals surface area contributed by atoms with Gasteiger partial charge in [-0.05, 0) is 33.7 Å². The maximum atomic E-state index is 5.67. The lowest BCUT2D eigenvalue weighted by Crippen LogP contribution is -2.36. The van der Waals surface area contributed by atoms with Crippen molar-refractivity contribution in [3.8, 4) is 0 Å². The van der Waals surface area contributed by atoms with Crippen LogP contribution in [0, 0.1) is 0 Å². The Morgan fingerprint density at radius 3 is 2.89 bits per heavy atom. The van der Waals surface area contributed by atoms with Gasteiger partial charge in [-0.25, -0.2) is 4.98 Å². The van der Waals surface area contributed by atoms with E-state index in [0.717, 1.165) is 37.7 Å². The van der Waals surface area contributed by atoms with Crippen LogP contribution in [0.4, 0.5) is 5.13 Å². The number of thiazole rings is 1. The lowest BCUT2D eigenvalue weighted by Gasteiger charge is -2.31. The molecule has 0 aliphatic carbocycles. The maximum Gasteiger partial charge on any atom is 0.185 e. The highest BCUT2D eigenvalue weighted by Crippen LogP contribution is 2.29. The minimum atomic E-state index is 0.386. The van der Waals surface area contributed by atoms with Crippen molar-refractivity contribution in [2.75, 3.05) is 31.6 Å². The molecule has 1 aromatic rings. The Morgan fingerprint density at radius 2 is 2.28 bits per heavy atom. The molecule has 5 heteroatoms. The summed E-state index contributed by atoms with van der Waals surface area (Å²) in [6, 6.07) is 0.386. The van der Waals surface area contributed by atoms with Gasteiger partial charge >= 0.3 is 0 Å². The average molecular weight is 269 g/mol. The number of aromatic nitrogens is 1. The van der Waals surface area contributed by atoms with Crippen molar-refractivity contribution in [3.63, 3.8) is 0 Å². The zero-order valence-corrected chi connectivity index (χ0v) is 12.3. The SMILES string of the molecule is CCOC1CCN(c2ncc(C(C)NC)s2)CC1. The summed E-state index contributed by atoms with van der Waals surface area (Å²) < 4.78 is 5.67. The van der Waals surface area contributed by atoms with E-state index in [9.17, 15) is 0 Å². The van der Waals surface area contributed by atoms with Crippen molar-refractivity contribution < 1.29 is 4.74 Å². The molecule has 4 nitrogen and oxygen atoms in total. The fraction of sp³-hybridized carbons (Fsp3) is 0.769. The molecule has 1 atom stereocenters. The van der Waals surface area contributed by atoms with Crippen LogP contribution in [0.3, 0.4) is 0 Å². The first kappa shape index (κ1) is 13.8. The summed E-state index contributed by atoms with van der Waals surface area (Å²) in [5, 5.41) is 4.41. The van der Waals surface area contributed by atoms with Crippen LogP contribution in [-0.4, -0.2) is 37.8 Å². The van der Waals surface area contributed by atoms with Gasteiger partial charge in [-0.15, -0.1) is 11.3 Å². The van der Waals surface area contributed by atoms with Gasteiger partial charge in [0.1, 0.15) is 0 Å². The Hall–Kier alpha value is -0.650. The molecular weight excluding hydrogens is 246 g/mol. The molecule has 0 spiro atoms. The number of hydrogen-bond donors (Lipinski definition) is 1. The van der Waals surface area contributed by atoms with E-state index in [0.29, 0.717) is 12.1 Å². The zero-order valence-electron chi connectivity index (χ0n) is 11.5. The third-order valence-electron chi connectivity index (χ3n) is 3.49. The van der Waals surface area contributed by atoms with Gasteiger partial charge in [-0.1, -0.05) is 0 Å². The van der Waals surface area contributed by atoms with Crippen LogP contribution in [0.1, 0.15) is 37.6 Å². The summed E-state index contributed by atoms with van der Waals surface area (Å²) in [5.74, 6) is 0. The zero-order chi connectivity index (χ0) is 13.0. The van der Waals surface area contributed by atoms with Crippen LogP contribution in [0.2, 0.25) is 0 Å². The van der Waals surface area contributed by atoms with Gasteiger partial charge in [-0.2, -0.15) is 0 Å². The molecule has 18 heavy (non-hydrogen) atoms. The van der Waals surface area contributed by atoms with E-state index in [2.05, 4.69) is 29.0 Å². The van der Waals surface area contributed by atoms with E-state index < -0.39 is 0 Å². The molecule has 1 unspecified atom stereocenters. The highest BCUT2D eigenvalue weighted by Gasteiger charge is 2.21. The number of nitrogens with one attached hydrogen (secondary N) is 1.